The van der Waals surface area contributed by atoms with Crippen LogP contribution in [0.3, 0.4) is 0 Å². The molecule has 0 fully saturated rings. The Morgan fingerprint density at radius 1 is 0.774 bits per heavy atom. The Morgan fingerprint density at radius 3 is 1.91 bits per heavy atom. The maximum absolute atomic E-state index is 13.7. The maximum atomic E-state index is 13.7. The molecule has 0 aliphatic heterocycles. The van der Waals surface area contributed by atoms with Crippen LogP contribution in [0.4, 0.5) is 4.79 Å². The van der Waals surface area contributed by atoms with Crippen LogP contribution in [0, 0.1) is 6.92 Å². The molecule has 0 unspecified atom stereocenters. The van der Waals surface area contributed by atoms with Gasteiger partial charge in [0.25, 0.3) is 0 Å². The summed E-state index contributed by atoms with van der Waals surface area (Å²) in [6, 6.07) is 18.2. The molecule has 0 saturated heterocycles. The number of unbranched alkanes of at least 4 members (excludes halogenated alkanes) is 9. The standard InChI is InChI=1S/C45H77NO4SSi2/c1-13-14-15-16-17-18-19-20-21-22-23-27-30-41(51-39-33-31-37(2)32-34-39)42(50-53(11,12)45(6,7)8)40(36-49-52(9,10)44(3,4)5)46-43(47)48-35-38-28-25-24-26-29-38/h23-29,31-34,40-42H,13-22,30,35-36H2,1-12H3,(H,46,47)/b27-23-/t40-,41+,42+/m1/s1. The first-order valence-electron chi connectivity index (χ1n) is 20.5. The first-order chi connectivity index (χ1) is 24.9. The number of hydrogen-bond acceptors (Lipinski definition) is 5. The van der Waals surface area contributed by atoms with Gasteiger partial charge in [-0.25, -0.2) is 4.79 Å². The topological polar surface area (TPSA) is 56.8 Å². The summed E-state index contributed by atoms with van der Waals surface area (Å²) >= 11 is 1.85. The number of ether oxygens (including phenoxy) is 1. The second-order valence-electron chi connectivity index (χ2n) is 18.0. The predicted molar refractivity (Wildman–Crippen MR) is 235 cm³/mol. The van der Waals surface area contributed by atoms with Gasteiger partial charge in [0.05, 0.1) is 18.8 Å². The van der Waals surface area contributed by atoms with E-state index in [2.05, 4.69) is 123 Å². The summed E-state index contributed by atoms with van der Waals surface area (Å²) in [7, 11) is -4.47. The summed E-state index contributed by atoms with van der Waals surface area (Å²) in [4.78, 5) is 14.9. The fourth-order valence-corrected chi connectivity index (χ4v) is 9.27. The third-order valence-electron chi connectivity index (χ3n) is 11.3. The van der Waals surface area contributed by atoms with Gasteiger partial charge in [-0.1, -0.05) is 160 Å². The zero-order valence-electron chi connectivity index (χ0n) is 35.8. The first-order valence-corrected chi connectivity index (χ1v) is 27.2. The Labute approximate surface area is 332 Å². The average Bonchev–Trinajstić information content (AvgIpc) is 3.08. The van der Waals surface area contributed by atoms with Crippen LogP contribution in [0.5, 0.6) is 0 Å². The van der Waals surface area contributed by atoms with Crippen molar-refractivity contribution >= 4 is 34.5 Å². The first kappa shape index (κ1) is 47.3. The van der Waals surface area contributed by atoms with E-state index in [0.29, 0.717) is 6.61 Å². The van der Waals surface area contributed by atoms with Crippen molar-refractivity contribution in [3.8, 4) is 0 Å². The van der Waals surface area contributed by atoms with Gasteiger partial charge < -0.3 is 18.9 Å². The summed E-state index contributed by atoms with van der Waals surface area (Å²) in [6.07, 6.45) is 17.9. The van der Waals surface area contributed by atoms with E-state index in [1.54, 1.807) is 0 Å². The highest BCUT2D eigenvalue weighted by atomic mass is 32.2. The number of benzene rings is 2. The minimum atomic E-state index is -2.31. The molecule has 300 valence electrons. The number of rotatable bonds is 24. The molecule has 0 saturated carbocycles. The molecule has 0 spiro atoms. The largest absolute Gasteiger partial charge is 0.445 e. The molecule has 2 rings (SSSR count). The lowest BCUT2D eigenvalue weighted by Gasteiger charge is -2.45. The minimum Gasteiger partial charge on any atom is -0.445 e. The second kappa shape index (κ2) is 23.3. The zero-order valence-corrected chi connectivity index (χ0v) is 38.6. The van der Waals surface area contributed by atoms with Crippen molar-refractivity contribution in [1.29, 1.82) is 0 Å². The van der Waals surface area contributed by atoms with Crippen LogP contribution in [0.1, 0.15) is 130 Å². The third-order valence-corrected chi connectivity index (χ3v) is 21.5. The van der Waals surface area contributed by atoms with E-state index in [1.165, 1.54) is 68.2 Å². The molecule has 8 heteroatoms. The van der Waals surface area contributed by atoms with Crippen molar-refractivity contribution in [1.82, 2.24) is 5.32 Å². The molecule has 1 amide bonds. The fraction of sp³-hybridized carbons (Fsp3) is 0.667. The van der Waals surface area contributed by atoms with Gasteiger partial charge in [0, 0.05) is 10.1 Å². The van der Waals surface area contributed by atoms with Gasteiger partial charge >= 0.3 is 6.09 Å². The molecule has 0 radical (unpaired) electrons. The third kappa shape index (κ3) is 18.1. The predicted octanol–water partition coefficient (Wildman–Crippen LogP) is 14.0. The minimum absolute atomic E-state index is 0.0190. The lowest BCUT2D eigenvalue weighted by Crippen LogP contribution is -2.58. The van der Waals surface area contributed by atoms with Gasteiger partial charge in [0.15, 0.2) is 16.6 Å². The molecule has 0 aliphatic rings. The molecule has 0 aliphatic carbocycles. The van der Waals surface area contributed by atoms with E-state index in [-0.39, 0.29) is 28.0 Å². The summed E-state index contributed by atoms with van der Waals surface area (Å²) in [5, 5.41) is 3.34. The van der Waals surface area contributed by atoms with E-state index in [1.807, 2.05) is 42.1 Å². The van der Waals surface area contributed by atoms with E-state index >= 15 is 0 Å². The van der Waals surface area contributed by atoms with Crippen LogP contribution < -0.4 is 5.32 Å². The Bertz CT molecular complexity index is 1320. The van der Waals surface area contributed by atoms with Crippen LogP contribution in [0.25, 0.3) is 0 Å². The van der Waals surface area contributed by atoms with Crippen molar-refractivity contribution < 1.29 is 18.4 Å². The smallest absolute Gasteiger partial charge is 0.407 e. The number of amides is 1. The molecule has 0 heterocycles. The Balaban J connectivity index is 2.41. The maximum Gasteiger partial charge on any atom is 0.407 e. The lowest BCUT2D eigenvalue weighted by atomic mass is 10.0. The molecule has 2 aromatic rings. The SMILES string of the molecule is CCCCCCCCCCC/C=C\C[C@H](Sc1ccc(C)cc1)[C@@H](O[Si](C)(C)C(C)(C)C)[C@@H](CO[Si](C)(C)C(C)(C)C)NC(=O)OCc1ccccc1. The van der Waals surface area contributed by atoms with Crippen molar-refractivity contribution in [2.24, 2.45) is 0 Å². The number of hydrogen-bond donors (Lipinski definition) is 1. The van der Waals surface area contributed by atoms with Gasteiger partial charge in [-0.15, -0.1) is 11.8 Å². The molecular weight excluding hydrogens is 707 g/mol. The Hall–Kier alpha value is -1.85. The normalized spacial score (nSPS) is 14.6. The molecule has 0 bridgehead atoms. The van der Waals surface area contributed by atoms with E-state index in [4.69, 9.17) is 13.6 Å². The number of nitrogens with one attached hydrogen (secondary N) is 1. The molecule has 2 aromatic carbocycles. The number of thioether (sulfide) groups is 1. The lowest BCUT2D eigenvalue weighted by molar-refractivity contribution is 0.0829. The van der Waals surface area contributed by atoms with Gasteiger partial charge in [-0.05, 0) is 80.1 Å². The molecule has 0 aromatic heterocycles. The number of aryl methyl sites for hydroxylation is 1. The number of alkyl carbamates (subject to hydrolysis) is 1. The highest BCUT2D eigenvalue weighted by molar-refractivity contribution is 8.00. The van der Waals surface area contributed by atoms with Crippen molar-refractivity contribution in [2.45, 2.75) is 191 Å². The fourth-order valence-electron chi connectivity index (χ4n) is 5.55. The van der Waals surface area contributed by atoms with E-state index in [0.717, 1.165) is 18.4 Å². The van der Waals surface area contributed by atoms with Crippen molar-refractivity contribution in [3.63, 3.8) is 0 Å². The van der Waals surface area contributed by atoms with Crippen LogP contribution >= 0.6 is 11.8 Å². The number of allylic oxidation sites excluding steroid dienone is 2. The van der Waals surface area contributed by atoms with Gasteiger partial charge in [-0.2, -0.15) is 0 Å². The molecular formula is C45H77NO4SSi2. The zero-order chi connectivity index (χ0) is 39.5. The van der Waals surface area contributed by atoms with Crippen molar-refractivity contribution in [3.05, 3.63) is 77.9 Å². The van der Waals surface area contributed by atoms with Gasteiger partial charge in [-0.3, -0.25) is 0 Å². The van der Waals surface area contributed by atoms with Crippen LogP contribution in [-0.2, 0) is 20.2 Å². The highest BCUT2D eigenvalue weighted by Gasteiger charge is 2.45. The number of carbonyl (C=O) groups is 1. The number of carbonyl (C=O) groups excluding carboxylic acids is 1. The molecule has 5 nitrogen and oxygen atoms in total. The highest BCUT2D eigenvalue weighted by Crippen LogP contribution is 2.41. The van der Waals surface area contributed by atoms with Crippen LogP contribution in [0.2, 0.25) is 36.3 Å². The average molecular weight is 784 g/mol. The van der Waals surface area contributed by atoms with E-state index in [9.17, 15) is 4.79 Å². The molecule has 53 heavy (non-hydrogen) atoms. The van der Waals surface area contributed by atoms with Gasteiger partial charge in [0.2, 0.25) is 0 Å². The van der Waals surface area contributed by atoms with Gasteiger partial charge in [0.1, 0.15) is 6.61 Å². The Kier molecular flexibility index (Phi) is 20.8. The summed E-state index contributed by atoms with van der Waals surface area (Å²) < 4.78 is 20.2. The second-order valence-corrected chi connectivity index (χ2v) is 28.9. The van der Waals surface area contributed by atoms with Crippen molar-refractivity contribution in [2.75, 3.05) is 6.61 Å². The molecule has 1 N–H and O–H groups in total. The Morgan fingerprint density at radius 2 is 1.34 bits per heavy atom. The van der Waals surface area contributed by atoms with Crippen LogP contribution in [-0.4, -0.2) is 46.7 Å². The van der Waals surface area contributed by atoms with Crippen LogP contribution in [0.15, 0.2) is 71.6 Å². The monoisotopic (exact) mass is 784 g/mol. The summed E-state index contributed by atoms with van der Waals surface area (Å²) in [6.45, 7) is 27.8. The van der Waals surface area contributed by atoms with E-state index < -0.39 is 28.8 Å². The summed E-state index contributed by atoms with van der Waals surface area (Å²) in [5.74, 6) is 0. The quantitative estimate of drug-likeness (QED) is 0.0497. The summed E-state index contributed by atoms with van der Waals surface area (Å²) in [5.41, 5.74) is 2.19. The molecule has 3 atom stereocenters.